The van der Waals surface area contributed by atoms with Gasteiger partial charge in [-0.15, -0.1) is 0 Å². The normalized spacial score (nSPS) is 17.4. The van der Waals surface area contributed by atoms with Crippen LogP contribution in [0.25, 0.3) is 0 Å². The van der Waals surface area contributed by atoms with Crippen LogP contribution in [0.1, 0.15) is 24.8 Å². The Morgan fingerprint density at radius 3 is 2.90 bits per heavy atom. The summed E-state index contributed by atoms with van der Waals surface area (Å²) >= 11 is 0. The average Bonchev–Trinajstić information content (AvgIpc) is 2.81. The number of esters is 1. The zero-order chi connectivity index (χ0) is 14.8. The minimum atomic E-state index is -3.50. The summed E-state index contributed by atoms with van der Waals surface area (Å²) in [6, 6.07) is 4.65. The molecule has 0 saturated carbocycles. The Hall–Kier alpha value is -1.60. The first-order valence-corrected chi connectivity index (χ1v) is 7.82. The molecule has 0 fully saturated rings. The molecule has 6 nitrogen and oxygen atoms in total. The lowest BCUT2D eigenvalue weighted by molar-refractivity contribution is -0.143. The molecule has 0 spiro atoms. The van der Waals surface area contributed by atoms with Crippen LogP contribution in [0.2, 0.25) is 0 Å². The van der Waals surface area contributed by atoms with Gasteiger partial charge in [0, 0.05) is 11.5 Å². The molecule has 0 bridgehead atoms. The number of hydrogen-bond acceptors (Lipinski definition) is 5. The van der Waals surface area contributed by atoms with Crippen molar-refractivity contribution in [2.45, 2.75) is 24.2 Å². The van der Waals surface area contributed by atoms with Crippen molar-refractivity contribution in [2.75, 3.05) is 20.3 Å². The third-order valence-corrected chi connectivity index (χ3v) is 4.57. The first-order valence-electron chi connectivity index (χ1n) is 6.34. The van der Waals surface area contributed by atoms with E-state index in [0.717, 1.165) is 5.56 Å². The third kappa shape index (κ3) is 2.94. The maximum atomic E-state index is 11.8. The summed E-state index contributed by atoms with van der Waals surface area (Å²) in [6.45, 7) is 2.43. The summed E-state index contributed by atoms with van der Waals surface area (Å²) in [7, 11) is -2.15. The maximum Gasteiger partial charge on any atom is 0.306 e. The van der Waals surface area contributed by atoms with Gasteiger partial charge in [0.15, 0.2) is 0 Å². The molecule has 1 aromatic carbocycles. The summed E-state index contributed by atoms with van der Waals surface area (Å²) in [4.78, 5) is 11.7. The Balaban J connectivity index is 2.26. The number of sulfonamides is 1. The maximum absolute atomic E-state index is 11.8. The molecule has 1 aliphatic heterocycles. The number of benzene rings is 1. The number of hydrogen-bond donors (Lipinski definition) is 1. The third-order valence-electron chi connectivity index (χ3n) is 3.16. The lowest BCUT2D eigenvalue weighted by Gasteiger charge is -2.09. The molecule has 1 atom stereocenters. The van der Waals surface area contributed by atoms with Crippen molar-refractivity contribution in [3.8, 4) is 5.75 Å². The summed E-state index contributed by atoms with van der Waals surface area (Å²) < 4.78 is 36.2. The van der Waals surface area contributed by atoms with Crippen molar-refractivity contribution >= 4 is 16.0 Å². The zero-order valence-electron chi connectivity index (χ0n) is 11.4. The fourth-order valence-electron chi connectivity index (χ4n) is 2.13. The second-order valence-corrected chi connectivity index (χ2v) is 6.31. The van der Waals surface area contributed by atoms with Gasteiger partial charge in [0.25, 0.3) is 0 Å². The Bertz CT molecular complexity index is 611. The lowest BCUT2D eigenvalue weighted by atomic mass is 9.98. The highest BCUT2D eigenvalue weighted by atomic mass is 32.2. The van der Waals surface area contributed by atoms with Crippen LogP contribution in [0.15, 0.2) is 23.1 Å². The van der Waals surface area contributed by atoms with Gasteiger partial charge in [-0.1, -0.05) is 0 Å². The van der Waals surface area contributed by atoms with Gasteiger partial charge in [-0.25, -0.2) is 13.1 Å². The van der Waals surface area contributed by atoms with E-state index in [-0.39, 0.29) is 23.2 Å². The van der Waals surface area contributed by atoms with E-state index in [0.29, 0.717) is 19.0 Å². The molecule has 0 aliphatic carbocycles. The van der Waals surface area contributed by atoms with Crippen molar-refractivity contribution < 1.29 is 22.7 Å². The Kier molecular flexibility index (Phi) is 4.29. The molecule has 0 radical (unpaired) electrons. The van der Waals surface area contributed by atoms with Gasteiger partial charge in [0.2, 0.25) is 10.0 Å². The molecule has 0 amide bonds. The topological polar surface area (TPSA) is 81.7 Å². The molecule has 0 aromatic heterocycles. The van der Waals surface area contributed by atoms with E-state index in [9.17, 15) is 13.2 Å². The predicted molar refractivity (Wildman–Crippen MR) is 72.2 cm³/mol. The molecular weight excluding hydrogens is 282 g/mol. The fourth-order valence-corrected chi connectivity index (χ4v) is 2.90. The highest BCUT2D eigenvalue weighted by Crippen LogP contribution is 2.37. The summed E-state index contributed by atoms with van der Waals surface area (Å²) in [5.41, 5.74) is 0.731. The number of nitrogens with one attached hydrogen (secondary N) is 1. The van der Waals surface area contributed by atoms with E-state index in [4.69, 9.17) is 9.47 Å². The fraction of sp³-hybridized carbons (Fsp3) is 0.462. The van der Waals surface area contributed by atoms with Crippen LogP contribution >= 0.6 is 0 Å². The molecule has 1 aliphatic rings. The highest BCUT2D eigenvalue weighted by Gasteiger charge is 2.28. The minimum absolute atomic E-state index is 0.165. The van der Waals surface area contributed by atoms with Gasteiger partial charge < -0.3 is 9.47 Å². The molecule has 2 rings (SSSR count). The average molecular weight is 299 g/mol. The molecule has 1 heterocycles. The first kappa shape index (κ1) is 14.8. The van der Waals surface area contributed by atoms with Gasteiger partial charge in [0.1, 0.15) is 5.75 Å². The van der Waals surface area contributed by atoms with Crippen molar-refractivity contribution in [3.05, 3.63) is 23.8 Å². The Morgan fingerprint density at radius 1 is 1.50 bits per heavy atom. The number of rotatable bonds is 5. The lowest BCUT2D eigenvalue weighted by Crippen LogP contribution is -2.18. The van der Waals surface area contributed by atoms with Crippen LogP contribution in [0, 0.1) is 0 Å². The highest BCUT2D eigenvalue weighted by molar-refractivity contribution is 7.89. The van der Waals surface area contributed by atoms with E-state index < -0.39 is 10.0 Å². The van der Waals surface area contributed by atoms with Crippen LogP contribution in [-0.2, 0) is 19.6 Å². The monoisotopic (exact) mass is 299 g/mol. The molecular formula is C13H17NO5S. The number of carbonyl (C=O) groups is 1. The summed E-state index contributed by atoms with van der Waals surface area (Å²) in [6.07, 6.45) is 0.184. The quantitative estimate of drug-likeness (QED) is 0.821. The van der Waals surface area contributed by atoms with E-state index in [1.165, 1.54) is 13.1 Å². The van der Waals surface area contributed by atoms with Gasteiger partial charge in [0.05, 0.1) is 24.5 Å². The van der Waals surface area contributed by atoms with E-state index in [2.05, 4.69) is 4.72 Å². The number of fused-ring (bicyclic) bond motifs is 1. The molecule has 1 unspecified atom stereocenters. The zero-order valence-corrected chi connectivity index (χ0v) is 12.2. The largest absolute Gasteiger partial charge is 0.493 e. The van der Waals surface area contributed by atoms with E-state index in [1.54, 1.807) is 19.1 Å². The SMILES string of the molecule is CCOC(=O)CC1COc2ccc(S(=O)(=O)NC)cc21. The Labute approximate surface area is 118 Å². The van der Waals surface area contributed by atoms with Gasteiger partial charge in [-0.3, -0.25) is 4.79 Å². The molecule has 1 aromatic rings. The smallest absolute Gasteiger partial charge is 0.306 e. The molecule has 0 saturated heterocycles. The molecule has 110 valence electrons. The summed E-state index contributed by atoms with van der Waals surface area (Å²) in [5.74, 6) is 0.140. The van der Waals surface area contributed by atoms with Crippen LogP contribution < -0.4 is 9.46 Å². The van der Waals surface area contributed by atoms with Gasteiger partial charge in [-0.2, -0.15) is 0 Å². The van der Waals surface area contributed by atoms with Gasteiger partial charge >= 0.3 is 5.97 Å². The standard InChI is InChI=1S/C13H17NO5S/c1-3-18-13(15)6-9-8-19-12-5-4-10(7-11(9)12)20(16,17)14-2/h4-5,7,9,14H,3,6,8H2,1-2H3. The van der Waals surface area contributed by atoms with Crippen LogP contribution in [-0.4, -0.2) is 34.6 Å². The second-order valence-electron chi connectivity index (χ2n) is 4.42. The van der Waals surface area contributed by atoms with Gasteiger partial charge in [-0.05, 0) is 32.2 Å². The number of carbonyl (C=O) groups excluding carboxylic acids is 1. The van der Waals surface area contributed by atoms with Crippen molar-refractivity contribution in [1.82, 2.24) is 4.72 Å². The van der Waals surface area contributed by atoms with E-state index in [1.807, 2.05) is 0 Å². The molecule has 20 heavy (non-hydrogen) atoms. The Morgan fingerprint density at radius 2 is 2.25 bits per heavy atom. The number of ether oxygens (including phenoxy) is 2. The van der Waals surface area contributed by atoms with Crippen LogP contribution in [0.4, 0.5) is 0 Å². The van der Waals surface area contributed by atoms with E-state index >= 15 is 0 Å². The molecule has 7 heteroatoms. The predicted octanol–water partition coefficient (Wildman–Crippen LogP) is 1.02. The van der Waals surface area contributed by atoms with Crippen LogP contribution in [0.3, 0.4) is 0 Å². The van der Waals surface area contributed by atoms with Crippen LogP contribution in [0.5, 0.6) is 5.75 Å². The molecule has 1 N–H and O–H groups in total. The summed E-state index contributed by atoms with van der Waals surface area (Å²) in [5, 5.41) is 0. The minimum Gasteiger partial charge on any atom is -0.493 e. The van der Waals surface area contributed by atoms with Crippen molar-refractivity contribution in [3.63, 3.8) is 0 Å². The second kappa shape index (κ2) is 5.80. The van der Waals surface area contributed by atoms with Crippen molar-refractivity contribution in [1.29, 1.82) is 0 Å². The first-order chi connectivity index (χ1) is 9.47. The van der Waals surface area contributed by atoms with Crippen molar-refractivity contribution in [2.24, 2.45) is 0 Å².